The van der Waals surface area contributed by atoms with E-state index < -0.39 is 0 Å². The van der Waals surface area contributed by atoms with Crippen LogP contribution in [0.15, 0.2) is 54.6 Å². The van der Waals surface area contributed by atoms with Crippen LogP contribution in [0.2, 0.25) is 5.02 Å². The smallest absolute Gasteiger partial charge is 0.256 e. The lowest BCUT2D eigenvalue weighted by molar-refractivity contribution is 0.102. The van der Waals surface area contributed by atoms with Gasteiger partial charge in [0, 0.05) is 23.2 Å². The quantitative estimate of drug-likeness (QED) is 0.429. The first kappa shape index (κ1) is 20.2. The van der Waals surface area contributed by atoms with E-state index in [2.05, 4.69) is 22.9 Å². The molecule has 4 rings (SSSR count). The van der Waals surface area contributed by atoms with Crippen LogP contribution in [0.5, 0.6) is 0 Å². The highest BCUT2D eigenvalue weighted by atomic mass is 35.5. The predicted octanol–water partition coefficient (Wildman–Crippen LogP) is 5.49. The number of anilines is 1. The lowest BCUT2D eigenvalue weighted by Crippen LogP contribution is -2.17. The van der Waals surface area contributed by atoms with Gasteiger partial charge in [-0.2, -0.15) is 9.78 Å². The summed E-state index contributed by atoms with van der Waals surface area (Å²) in [6, 6.07) is 16.8. The number of carbonyl (C=O) groups is 1. The molecule has 0 bridgehead atoms. The molecule has 4 aromatic rings. The van der Waals surface area contributed by atoms with Crippen molar-refractivity contribution in [1.29, 1.82) is 0 Å². The van der Waals surface area contributed by atoms with Crippen molar-refractivity contribution in [3.05, 3.63) is 70.9 Å². The summed E-state index contributed by atoms with van der Waals surface area (Å²) >= 11 is 5.94. The van der Waals surface area contributed by atoms with E-state index in [1.165, 1.54) is 0 Å². The van der Waals surface area contributed by atoms with E-state index in [0.717, 1.165) is 42.5 Å². The molecule has 0 unspecified atom stereocenters. The van der Waals surface area contributed by atoms with Crippen molar-refractivity contribution < 1.29 is 4.79 Å². The van der Waals surface area contributed by atoms with Crippen LogP contribution < -0.4 is 5.32 Å². The highest BCUT2D eigenvalue weighted by molar-refractivity contribution is 6.30. The first-order chi connectivity index (χ1) is 14.6. The normalized spacial score (nSPS) is 11.2. The van der Waals surface area contributed by atoms with Crippen molar-refractivity contribution in [3.63, 3.8) is 0 Å². The van der Waals surface area contributed by atoms with E-state index in [-0.39, 0.29) is 5.91 Å². The van der Waals surface area contributed by atoms with Gasteiger partial charge >= 0.3 is 0 Å². The first-order valence-electron chi connectivity index (χ1n) is 10.2. The van der Waals surface area contributed by atoms with Gasteiger partial charge in [0.15, 0.2) is 0 Å². The van der Waals surface area contributed by atoms with Gasteiger partial charge in [-0.1, -0.05) is 44.0 Å². The maximum Gasteiger partial charge on any atom is 0.256 e. The van der Waals surface area contributed by atoms with Gasteiger partial charge in [0.05, 0.1) is 16.7 Å². The maximum absolute atomic E-state index is 12.8. The van der Waals surface area contributed by atoms with Crippen molar-refractivity contribution in [2.45, 2.75) is 39.7 Å². The van der Waals surface area contributed by atoms with Crippen molar-refractivity contribution in [3.8, 4) is 5.95 Å². The Morgan fingerprint density at radius 3 is 2.60 bits per heavy atom. The Bertz CT molecular complexity index is 1180. The molecular weight excluding hydrogens is 398 g/mol. The number of hydrogen-bond donors (Lipinski definition) is 1. The van der Waals surface area contributed by atoms with Crippen LogP contribution in [0.25, 0.3) is 17.0 Å². The molecule has 0 radical (unpaired) electrons. The van der Waals surface area contributed by atoms with Crippen LogP contribution in [0, 0.1) is 0 Å². The zero-order chi connectivity index (χ0) is 21.1. The number of nitrogens with zero attached hydrogens (tertiary/aromatic N) is 4. The number of unbranched alkanes of at least 4 members (excludes halogenated alkanes) is 1. The molecule has 1 N–H and O–H groups in total. The average Bonchev–Trinajstić information content (AvgIpc) is 3.33. The van der Waals surface area contributed by atoms with Gasteiger partial charge in [0.25, 0.3) is 5.91 Å². The average molecular weight is 422 g/mol. The van der Waals surface area contributed by atoms with Crippen LogP contribution in [-0.4, -0.2) is 25.2 Å². The first-order valence-corrected chi connectivity index (χ1v) is 10.6. The number of benzene rings is 2. The van der Waals surface area contributed by atoms with E-state index >= 15 is 0 Å². The van der Waals surface area contributed by atoms with Gasteiger partial charge in [-0.15, -0.1) is 0 Å². The summed E-state index contributed by atoms with van der Waals surface area (Å²) < 4.78 is 3.91. The van der Waals surface area contributed by atoms with E-state index in [1.54, 1.807) is 28.9 Å². The second-order valence-electron chi connectivity index (χ2n) is 7.15. The molecule has 0 fully saturated rings. The minimum absolute atomic E-state index is 0.216. The number of amides is 1. The Morgan fingerprint density at radius 2 is 1.87 bits per heavy atom. The molecule has 1 amide bonds. The van der Waals surface area contributed by atoms with Crippen molar-refractivity contribution in [2.75, 3.05) is 5.32 Å². The Morgan fingerprint density at radius 1 is 1.10 bits per heavy atom. The largest absolute Gasteiger partial charge is 0.308 e. The SMILES string of the molecule is CCCCn1c(-n2nc(CC)cc2NC(=O)c2ccc(Cl)cc2)nc2ccccc21. The number of para-hydroxylation sites is 2. The monoisotopic (exact) mass is 421 g/mol. The summed E-state index contributed by atoms with van der Waals surface area (Å²) in [5.74, 6) is 1.09. The summed E-state index contributed by atoms with van der Waals surface area (Å²) in [6.07, 6.45) is 2.86. The highest BCUT2D eigenvalue weighted by Crippen LogP contribution is 2.24. The number of aryl methyl sites for hydroxylation is 2. The lowest BCUT2D eigenvalue weighted by Gasteiger charge is -2.11. The van der Waals surface area contributed by atoms with Crippen LogP contribution >= 0.6 is 11.6 Å². The molecule has 0 aliphatic rings. The number of imidazole rings is 1. The Hall–Kier alpha value is -3.12. The topological polar surface area (TPSA) is 64.7 Å². The maximum atomic E-state index is 12.8. The van der Waals surface area contributed by atoms with E-state index in [9.17, 15) is 4.79 Å². The molecule has 2 aromatic heterocycles. The number of carbonyl (C=O) groups excluding carboxylic acids is 1. The molecule has 0 aliphatic carbocycles. The Balaban J connectivity index is 1.77. The fourth-order valence-electron chi connectivity index (χ4n) is 3.40. The number of aromatic nitrogens is 4. The second-order valence-corrected chi connectivity index (χ2v) is 7.59. The van der Waals surface area contributed by atoms with Crippen LogP contribution in [0.3, 0.4) is 0 Å². The zero-order valence-corrected chi connectivity index (χ0v) is 17.9. The van der Waals surface area contributed by atoms with E-state index in [0.29, 0.717) is 22.4 Å². The molecule has 154 valence electrons. The number of hydrogen-bond acceptors (Lipinski definition) is 3. The number of halogens is 1. The molecule has 2 heterocycles. The van der Waals surface area contributed by atoms with Crippen LogP contribution in [0.4, 0.5) is 5.82 Å². The van der Waals surface area contributed by atoms with Crippen LogP contribution in [0.1, 0.15) is 42.7 Å². The summed E-state index contributed by atoms with van der Waals surface area (Å²) in [6.45, 7) is 5.04. The minimum Gasteiger partial charge on any atom is -0.308 e. The van der Waals surface area contributed by atoms with Crippen molar-refractivity contribution in [1.82, 2.24) is 19.3 Å². The summed E-state index contributed by atoms with van der Waals surface area (Å²) in [7, 11) is 0. The van der Waals surface area contributed by atoms with Gasteiger partial charge in [0.2, 0.25) is 5.95 Å². The van der Waals surface area contributed by atoms with Crippen LogP contribution in [-0.2, 0) is 13.0 Å². The molecule has 6 nitrogen and oxygen atoms in total. The molecule has 7 heteroatoms. The molecule has 0 atom stereocenters. The molecule has 2 aromatic carbocycles. The number of rotatable bonds is 7. The summed E-state index contributed by atoms with van der Waals surface area (Å²) in [4.78, 5) is 17.6. The minimum atomic E-state index is -0.216. The third kappa shape index (κ3) is 3.96. The lowest BCUT2D eigenvalue weighted by atomic mass is 10.2. The van der Waals surface area contributed by atoms with Gasteiger partial charge in [-0.25, -0.2) is 4.98 Å². The molecule has 0 spiro atoms. The fourth-order valence-corrected chi connectivity index (χ4v) is 3.52. The van der Waals surface area contributed by atoms with Gasteiger partial charge < -0.3 is 9.88 Å². The highest BCUT2D eigenvalue weighted by Gasteiger charge is 2.19. The Kier molecular flexibility index (Phi) is 5.86. The third-order valence-electron chi connectivity index (χ3n) is 5.03. The predicted molar refractivity (Wildman–Crippen MR) is 121 cm³/mol. The number of nitrogens with one attached hydrogen (secondary N) is 1. The zero-order valence-electron chi connectivity index (χ0n) is 17.1. The van der Waals surface area contributed by atoms with Crippen molar-refractivity contribution in [2.24, 2.45) is 0 Å². The third-order valence-corrected chi connectivity index (χ3v) is 5.28. The number of fused-ring (bicyclic) bond motifs is 1. The van der Waals surface area contributed by atoms with Crippen molar-refractivity contribution >= 4 is 34.4 Å². The molecular formula is C23H24ClN5O. The Labute approximate surface area is 180 Å². The second kappa shape index (κ2) is 8.71. The molecule has 0 aliphatic heterocycles. The summed E-state index contributed by atoms with van der Waals surface area (Å²) in [5, 5.41) is 8.31. The van der Waals surface area contributed by atoms with Gasteiger partial charge in [0.1, 0.15) is 5.82 Å². The van der Waals surface area contributed by atoms with E-state index in [4.69, 9.17) is 21.7 Å². The molecule has 0 saturated heterocycles. The standard InChI is InChI=1S/C23H24ClN5O/c1-3-5-14-28-20-9-7-6-8-19(20)25-23(28)29-21(15-18(4-2)27-29)26-22(30)16-10-12-17(24)13-11-16/h6-13,15H,3-5,14H2,1-2H3,(H,26,30). The summed E-state index contributed by atoms with van der Waals surface area (Å²) in [5.41, 5.74) is 3.39. The van der Waals surface area contributed by atoms with Gasteiger partial charge in [-0.3, -0.25) is 4.79 Å². The van der Waals surface area contributed by atoms with E-state index in [1.807, 2.05) is 31.2 Å². The molecule has 0 saturated carbocycles. The molecule has 30 heavy (non-hydrogen) atoms. The van der Waals surface area contributed by atoms with Gasteiger partial charge in [-0.05, 0) is 49.2 Å². The fraction of sp³-hybridized carbons (Fsp3) is 0.261.